The lowest BCUT2D eigenvalue weighted by Crippen LogP contribution is -2.62. The van der Waals surface area contributed by atoms with E-state index in [1.165, 1.54) is 6.42 Å². The van der Waals surface area contributed by atoms with Gasteiger partial charge in [-0.25, -0.2) is 4.79 Å². The zero-order valence-corrected chi connectivity index (χ0v) is 30.5. The first-order chi connectivity index (χ1) is 22.2. The quantitative estimate of drug-likeness (QED) is 0.172. The first-order valence-electron chi connectivity index (χ1n) is 18.0. The molecule has 4 rings (SSSR count). The molecule has 3 aliphatic carbocycles. The van der Waals surface area contributed by atoms with Crippen molar-refractivity contribution < 1.29 is 33.5 Å². The van der Waals surface area contributed by atoms with Gasteiger partial charge in [0.2, 0.25) is 17.6 Å². The number of piperidine rings is 1. The summed E-state index contributed by atoms with van der Waals surface area (Å²) in [6.45, 7) is 17.3. The highest BCUT2D eigenvalue weighted by molar-refractivity contribution is 6.38. The fourth-order valence-corrected chi connectivity index (χ4v) is 8.24. The number of hydrogen-bond donors (Lipinski definition) is 4. The van der Waals surface area contributed by atoms with E-state index in [0.717, 1.165) is 25.7 Å². The van der Waals surface area contributed by atoms with E-state index in [1.807, 2.05) is 27.7 Å². The summed E-state index contributed by atoms with van der Waals surface area (Å²) in [5, 5.41) is 11.4. The number of ether oxygens (including phenoxy) is 1. The predicted octanol–water partition coefficient (Wildman–Crippen LogP) is 3.46. The highest BCUT2D eigenvalue weighted by atomic mass is 16.6. The van der Waals surface area contributed by atoms with Crippen LogP contribution in [0.3, 0.4) is 0 Å². The molecule has 12 heteroatoms. The van der Waals surface area contributed by atoms with Crippen molar-refractivity contribution in [2.75, 3.05) is 13.1 Å². The van der Waals surface area contributed by atoms with Gasteiger partial charge >= 0.3 is 12.0 Å². The molecule has 4 unspecified atom stereocenters. The van der Waals surface area contributed by atoms with Gasteiger partial charge in [-0.05, 0) is 81.0 Å². The van der Waals surface area contributed by atoms with E-state index in [1.54, 1.807) is 25.7 Å². The second kappa shape index (κ2) is 14.4. The van der Waals surface area contributed by atoms with Gasteiger partial charge in [0.1, 0.15) is 17.7 Å². The first-order valence-corrected chi connectivity index (χ1v) is 18.0. The van der Waals surface area contributed by atoms with Crippen LogP contribution in [0.25, 0.3) is 0 Å². The summed E-state index contributed by atoms with van der Waals surface area (Å²) in [5.74, 6) is -1.85. The van der Waals surface area contributed by atoms with E-state index in [0.29, 0.717) is 24.8 Å². The van der Waals surface area contributed by atoms with Gasteiger partial charge in [0.15, 0.2) is 0 Å². The molecule has 270 valence electrons. The molecule has 5 amide bonds. The zero-order chi connectivity index (χ0) is 35.8. The fourth-order valence-electron chi connectivity index (χ4n) is 8.24. The zero-order valence-electron chi connectivity index (χ0n) is 30.5. The molecule has 4 fully saturated rings. The lowest BCUT2D eigenvalue weighted by Gasteiger charge is -2.38. The molecule has 1 aliphatic heterocycles. The van der Waals surface area contributed by atoms with Crippen molar-refractivity contribution in [2.24, 2.45) is 34.5 Å². The fraction of sp³-hybridized carbons (Fsp3) is 0.833. The van der Waals surface area contributed by atoms with Gasteiger partial charge in [-0.3, -0.25) is 24.0 Å². The van der Waals surface area contributed by atoms with Crippen LogP contribution in [0.15, 0.2) is 0 Å². The van der Waals surface area contributed by atoms with Crippen molar-refractivity contribution in [1.29, 1.82) is 0 Å². The van der Waals surface area contributed by atoms with Gasteiger partial charge in [-0.1, -0.05) is 60.8 Å². The van der Waals surface area contributed by atoms with E-state index >= 15 is 0 Å². The smallest absolute Gasteiger partial charge is 0.315 e. The van der Waals surface area contributed by atoms with Crippen LogP contribution in [-0.2, 0) is 28.7 Å². The number of nitrogens with one attached hydrogen (secondary N) is 4. The van der Waals surface area contributed by atoms with Crippen molar-refractivity contribution in [3.63, 3.8) is 0 Å². The number of urea groups is 1. The molecular formula is C36H59N5O7. The Bertz CT molecular complexity index is 1270. The highest BCUT2D eigenvalue weighted by Gasteiger charge is 2.70. The topological polar surface area (TPSA) is 163 Å². The molecule has 4 aliphatic rings. The second-order valence-electron chi connectivity index (χ2n) is 17.2. The van der Waals surface area contributed by atoms with Crippen LogP contribution in [0.4, 0.5) is 4.79 Å². The molecular weight excluding hydrogens is 614 g/mol. The molecule has 0 aromatic rings. The Balaban J connectivity index is 1.44. The molecule has 3 saturated carbocycles. The molecule has 2 bridgehead atoms. The van der Waals surface area contributed by atoms with E-state index in [-0.39, 0.29) is 54.6 Å². The standard InChI is InChI=1S/C36H59N5O7/c1-10-11-12-23(28(43)31(45)37-16-15-25(42)48-35(5,6)7)38-30(44)27-26-22(36(26,8)9)19-41(27)32(46)29(34(2,3)4)40-33(47)39-24-18-20-13-14-21(24)17-20/h20-24,26-27,29H,10-19H2,1-9H3,(H,37,45)(H,38,44)(H2,39,40,47)/t20?,21?,22-,23?,24?,26-,27-,29+/m0/s1. The van der Waals surface area contributed by atoms with Crippen LogP contribution in [0, 0.1) is 34.5 Å². The molecule has 8 atom stereocenters. The predicted molar refractivity (Wildman–Crippen MR) is 180 cm³/mol. The largest absolute Gasteiger partial charge is 0.460 e. The third-order valence-corrected chi connectivity index (χ3v) is 10.9. The summed E-state index contributed by atoms with van der Waals surface area (Å²) >= 11 is 0. The number of ketones is 1. The van der Waals surface area contributed by atoms with Crippen LogP contribution >= 0.6 is 0 Å². The maximum absolute atomic E-state index is 14.3. The Morgan fingerprint density at radius 2 is 1.65 bits per heavy atom. The number of rotatable bonds is 13. The number of hydrogen-bond acceptors (Lipinski definition) is 7. The Labute approximate surface area is 286 Å². The van der Waals surface area contributed by atoms with E-state index in [4.69, 9.17) is 4.74 Å². The van der Waals surface area contributed by atoms with E-state index in [9.17, 15) is 28.8 Å². The second-order valence-corrected chi connectivity index (χ2v) is 17.2. The number of unbranched alkanes of at least 4 members (excludes halogenated alkanes) is 1. The number of Topliss-reactive ketones (excluding diaryl/α,β-unsaturated/α-hetero) is 1. The van der Waals surface area contributed by atoms with E-state index < -0.39 is 52.7 Å². The van der Waals surface area contributed by atoms with E-state index in [2.05, 4.69) is 35.1 Å². The lowest BCUT2D eigenvalue weighted by atomic mass is 9.85. The minimum absolute atomic E-state index is 0.0759. The molecule has 0 aromatic carbocycles. The summed E-state index contributed by atoms with van der Waals surface area (Å²) in [5.41, 5.74) is -1.48. The lowest BCUT2D eigenvalue weighted by molar-refractivity contribution is -0.154. The number of amides is 5. The third kappa shape index (κ3) is 8.69. The Morgan fingerprint density at radius 3 is 2.21 bits per heavy atom. The molecule has 0 spiro atoms. The summed E-state index contributed by atoms with van der Waals surface area (Å²) in [7, 11) is 0. The number of nitrogens with zero attached hydrogens (tertiary/aromatic N) is 1. The Morgan fingerprint density at radius 1 is 0.958 bits per heavy atom. The number of esters is 1. The molecule has 1 heterocycles. The molecule has 48 heavy (non-hydrogen) atoms. The van der Waals surface area contributed by atoms with Crippen LogP contribution in [0.1, 0.15) is 114 Å². The van der Waals surface area contributed by atoms with Gasteiger partial charge < -0.3 is 30.9 Å². The highest BCUT2D eigenvalue weighted by Crippen LogP contribution is 2.65. The summed E-state index contributed by atoms with van der Waals surface area (Å²) in [4.78, 5) is 81.4. The van der Waals surface area contributed by atoms with Gasteiger partial charge in [-0.15, -0.1) is 0 Å². The number of carbonyl (C=O) groups excluding carboxylic acids is 6. The van der Waals surface area contributed by atoms with Crippen LogP contribution in [0.5, 0.6) is 0 Å². The van der Waals surface area contributed by atoms with Crippen LogP contribution in [0.2, 0.25) is 0 Å². The average Bonchev–Trinajstić information content (AvgIpc) is 3.48. The maximum atomic E-state index is 14.3. The van der Waals surface area contributed by atoms with Gasteiger partial charge in [0.25, 0.3) is 5.91 Å². The molecule has 0 radical (unpaired) electrons. The van der Waals surface area contributed by atoms with Crippen molar-refractivity contribution in [2.45, 2.75) is 143 Å². The summed E-state index contributed by atoms with van der Waals surface area (Å²) in [6, 6.07) is -3.05. The van der Waals surface area contributed by atoms with Crippen LogP contribution in [-0.4, -0.2) is 83.3 Å². The molecule has 1 saturated heterocycles. The van der Waals surface area contributed by atoms with Crippen LogP contribution < -0.4 is 21.3 Å². The van der Waals surface area contributed by atoms with Crippen molar-refractivity contribution in [3.05, 3.63) is 0 Å². The minimum atomic E-state index is -1.08. The van der Waals surface area contributed by atoms with Crippen molar-refractivity contribution in [3.8, 4) is 0 Å². The minimum Gasteiger partial charge on any atom is -0.460 e. The SMILES string of the molecule is CCCCC(NC(=O)[C@@H]1[C@@H]2[C@H](CN1C(=O)[C@@H](NC(=O)NC1CC3CCC1C3)C(C)(C)C)C2(C)C)C(=O)C(=O)NCCC(=O)OC(C)(C)C. The number of carbonyl (C=O) groups is 6. The number of fused-ring (bicyclic) bond motifs is 3. The molecule has 12 nitrogen and oxygen atoms in total. The van der Waals surface area contributed by atoms with Crippen molar-refractivity contribution in [1.82, 2.24) is 26.2 Å². The van der Waals surface area contributed by atoms with Crippen molar-refractivity contribution >= 4 is 35.5 Å². The van der Waals surface area contributed by atoms with Gasteiger partial charge in [-0.2, -0.15) is 0 Å². The maximum Gasteiger partial charge on any atom is 0.315 e. The summed E-state index contributed by atoms with van der Waals surface area (Å²) in [6.07, 6.45) is 5.96. The normalized spacial score (nSPS) is 28.1. The third-order valence-electron chi connectivity index (χ3n) is 10.9. The molecule has 0 aromatic heterocycles. The monoisotopic (exact) mass is 673 g/mol. The number of likely N-dealkylation sites (tertiary alicyclic amines) is 1. The van der Waals surface area contributed by atoms with Gasteiger partial charge in [0, 0.05) is 19.1 Å². The van der Waals surface area contributed by atoms with Gasteiger partial charge in [0.05, 0.1) is 12.5 Å². The molecule has 4 N–H and O–H groups in total. The average molecular weight is 674 g/mol. The Kier molecular flexibility index (Phi) is 11.3. The first kappa shape index (κ1) is 37.6. The summed E-state index contributed by atoms with van der Waals surface area (Å²) < 4.78 is 5.26. The Hall–Kier alpha value is -3.18.